The lowest BCUT2D eigenvalue weighted by Crippen LogP contribution is -2.44. The molecule has 3 N–H and O–H groups in total. The molecule has 0 fully saturated rings. The predicted molar refractivity (Wildman–Crippen MR) is 115 cm³/mol. The molecule has 0 bridgehead atoms. The molecule has 0 spiro atoms. The molecule has 0 aromatic heterocycles. The zero-order valence-electron chi connectivity index (χ0n) is 18.4. The van der Waals surface area contributed by atoms with Crippen molar-refractivity contribution in [2.75, 3.05) is 59.5 Å². The molecule has 0 saturated heterocycles. The SMILES string of the molecule is COC(=O)CN(CCN(CCN(CC(=O)O)CC(=O)O)Cc1ccc(C=O)cc1)CC(=O)O. The fraction of sp³-hybridized carbons (Fsp3) is 0.476. The van der Waals surface area contributed by atoms with Crippen molar-refractivity contribution in [3.63, 3.8) is 0 Å². The highest BCUT2D eigenvalue weighted by Gasteiger charge is 2.18. The Balaban J connectivity index is 2.92. The van der Waals surface area contributed by atoms with Crippen LogP contribution in [0.5, 0.6) is 0 Å². The Bertz CT molecular complexity index is 798. The minimum absolute atomic E-state index is 0.140. The molecule has 0 heterocycles. The number of methoxy groups -OCH3 is 1. The Kier molecular flexibility index (Phi) is 12.3. The topological polar surface area (TPSA) is 165 Å². The number of aldehydes is 1. The van der Waals surface area contributed by atoms with Crippen LogP contribution < -0.4 is 0 Å². The van der Waals surface area contributed by atoms with Gasteiger partial charge >= 0.3 is 23.9 Å². The summed E-state index contributed by atoms with van der Waals surface area (Å²) >= 11 is 0. The lowest BCUT2D eigenvalue weighted by molar-refractivity contribution is -0.145. The molecular weight excluding hydrogens is 438 g/mol. The molecule has 1 aromatic carbocycles. The van der Waals surface area contributed by atoms with Crippen LogP contribution in [0.15, 0.2) is 24.3 Å². The van der Waals surface area contributed by atoms with Crippen LogP contribution in [0.2, 0.25) is 0 Å². The summed E-state index contributed by atoms with van der Waals surface area (Å²) in [5, 5.41) is 27.2. The first-order chi connectivity index (χ1) is 15.6. The molecule has 0 unspecified atom stereocenters. The van der Waals surface area contributed by atoms with Gasteiger partial charge in [-0.1, -0.05) is 24.3 Å². The van der Waals surface area contributed by atoms with E-state index in [4.69, 9.17) is 15.3 Å². The van der Waals surface area contributed by atoms with E-state index in [1.165, 1.54) is 16.9 Å². The molecule has 0 aliphatic carbocycles. The number of carboxylic acids is 3. The van der Waals surface area contributed by atoms with Crippen LogP contribution >= 0.6 is 0 Å². The molecular formula is C21H29N3O9. The standard InChI is InChI=1S/C21H29N3O9/c1-33-21(32)14-24(13-20(30)31)9-7-22(10-16-2-4-17(15-25)5-3-16)6-8-23(11-18(26)27)12-19(28)29/h2-5,15H,6-14H2,1H3,(H,26,27)(H,28,29)(H,30,31). The number of ether oxygens (including phenoxy) is 1. The normalized spacial score (nSPS) is 11.0. The van der Waals surface area contributed by atoms with Crippen molar-refractivity contribution in [3.8, 4) is 0 Å². The van der Waals surface area contributed by atoms with E-state index < -0.39 is 37.0 Å². The Hall–Kier alpha value is -3.35. The van der Waals surface area contributed by atoms with Crippen LogP contribution in [0.4, 0.5) is 0 Å². The Morgan fingerprint density at radius 3 is 1.58 bits per heavy atom. The maximum absolute atomic E-state index is 11.6. The number of hydrogen-bond donors (Lipinski definition) is 3. The first-order valence-electron chi connectivity index (χ1n) is 10.1. The predicted octanol–water partition coefficient (Wildman–Crippen LogP) is -0.668. The maximum atomic E-state index is 11.6. The van der Waals surface area contributed by atoms with E-state index in [9.17, 15) is 24.0 Å². The van der Waals surface area contributed by atoms with E-state index in [0.29, 0.717) is 24.9 Å². The van der Waals surface area contributed by atoms with Gasteiger partial charge in [-0.15, -0.1) is 0 Å². The second kappa shape index (κ2) is 14.7. The van der Waals surface area contributed by atoms with Gasteiger partial charge in [0.15, 0.2) is 0 Å². The van der Waals surface area contributed by atoms with Crippen LogP contribution in [-0.2, 0) is 30.5 Å². The van der Waals surface area contributed by atoms with Gasteiger partial charge in [0.05, 0.1) is 33.3 Å². The quantitative estimate of drug-likeness (QED) is 0.196. The number of rotatable bonds is 17. The van der Waals surface area contributed by atoms with Crippen molar-refractivity contribution in [3.05, 3.63) is 35.4 Å². The fourth-order valence-electron chi connectivity index (χ4n) is 3.04. The monoisotopic (exact) mass is 467 g/mol. The molecule has 1 aromatic rings. The number of carbonyl (C=O) groups is 5. The number of benzene rings is 1. The van der Waals surface area contributed by atoms with Gasteiger partial charge in [-0.2, -0.15) is 0 Å². The number of aliphatic carboxylic acids is 3. The summed E-state index contributed by atoms with van der Waals surface area (Å²) < 4.78 is 4.61. The zero-order chi connectivity index (χ0) is 24.8. The van der Waals surface area contributed by atoms with Gasteiger partial charge in [-0.25, -0.2) is 0 Å². The summed E-state index contributed by atoms with van der Waals surface area (Å²) in [5.74, 6) is -4.00. The smallest absolute Gasteiger partial charge is 0.319 e. The molecule has 0 amide bonds. The van der Waals surface area contributed by atoms with E-state index in [2.05, 4.69) is 4.74 Å². The molecule has 12 heteroatoms. The summed E-state index contributed by atoms with van der Waals surface area (Å²) in [6.45, 7) is -0.152. The Morgan fingerprint density at radius 1 is 0.758 bits per heavy atom. The summed E-state index contributed by atoms with van der Waals surface area (Å²) in [4.78, 5) is 60.3. The Labute approximate surface area is 190 Å². The van der Waals surface area contributed by atoms with Crippen LogP contribution in [0, 0.1) is 0 Å². The van der Waals surface area contributed by atoms with Crippen LogP contribution in [0.25, 0.3) is 0 Å². The third-order valence-corrected chi connectivity index (χ3v) is 4.64. The summed E-state index contributed by atoms with van der Waals surface area (Å²) in [7, 11) is 1.20. The second-order valence-corrected chi connectivity index (χ2v) is 7.31. The highest BCUT2D eigenvalue weighted by Crippen LogP contribution is 2.08. The average Bonchev–Trinajstić information content (AvgIpc) is 2.74. The van der Waals surface area contributed by atoms with Gasteiger partial charge in [0.2, 0.25) is 0 Å². The summed E-state index contributed by atoms with van der Waals surface area (Å²) in [5.41, 5.74) is 1.35. The first kappa shape index (κ1) is 27.7. The van der Waals surface area contributed by atoms with E-state index in [-0.39, 0.29) is 32.7 Å². The molecule has 0 saturated carbocycles. The first-order valence-corrected chi connectivity index (χ1v) is 10.1. The molecule has 33 heavy (non-hydrogen) atoms. The number of nitrogens with zero attached hydrogens (tertiary/aromatic N) is 3. The minimum Gasteiger partial charge on any atom is -0.480 e. The van der Waals surface area contributed by atoms with Gasteiger partial charge in [0.1, 0.15) is 6.29 Å². The molecule has 182 valence electrons. The van der Waals surface area contributed by atoms with Gasteiger partial charge in [-0.05, 0) is 5.56 Å². The van der Waals surface area contributed by atoms with Crippen molar-refractivity contribution in [2.24, 2.45) is 0 Å². The summed E-state index contributed by atoms with van der Waals surface area (Å²) in [6, 6.07) is 6.81. The highest BCUT2D eigenvalue weighted by molar-refractivity contribution is 5.75. The van der Waals surface area contributed by atoms with Gasteiger partial charge < -0.3 is 20.1 Å². The number of esters is 1. The number of carbonyl (C=O) groups excluding carboxylic acids is 2. The van der Waals surface area contributed by atoms with Crippen molar-refractivity contribution < 1.29 is 44.0 Å². The second-order valence-electron chi connectivity index (χ2n) is 7.31. The molecule has 1 rings (SSSR count). The number of carboxylic acid groups (broad SMARTS) is 3. The van der Waals surface area contributed by atoms with Crippen molar-refractivity contribution in [1.29, 1.82) is 0 Å². The Morgan fingerprint density at radius 2 is 1.18 bits per heavy atom. The third kappa shape index (κ3) is 12.3. The van der Waals surface area contributed by atoms with E-state index in [1.807, 2.05) is 4.90 Å². The van der Waals surface area contributed by atoms with E-state index >= 15 is 0 Å². The molecule has 0 atom stereocenters. The van der Waals surface area contributed by atoms with Crippen molar-refractivity contribution in [1.82, 2.24) is 14.7 Å². The van der Waals surface area contributed by atoms with E-state index in [0.717, 1.165) is 5.56 Å². The molecule has 0 aliphatic rings. The van der Waals surface area contributed by atoms with Gasteiger partial charge in [0.25, 0.3) is 0 Å². The number of hydrogen-bond acceptors (Lipinski definition) is 9. The van der Waals surface area contributed by atoms with E-state index in [1.54, 1.807) is 24.3 Å². The molecule has 0 aliphatic heterocycles. The maximum Gasteiger partial charge on any atom is 0.319 e. The largest absolute Gasteiger partial charge is 0.480 e. The third-order valence-electron chi connectivity index (χ3n) is 4.64. The highest BCUT2D eigenvalue weighted by atomic mass is 16.5. The fourth-order valence-corrected chi connectivity index (χ4v) is 3.04. The van der Waals surface area contributed by atoms with Gasteiger partial charge in [0, 0.05) is 38.3 Å². The summed E-state index contributed by atoms with van der Waals surface area (Å²) in [6.07, 6.45) is 0.716. The van der Waals surface area contributed by atoms with Gasteiger partial charge in [-0.3, -0.25) is 38.7 Å². The van der Waals surface area contributed by atoms with Crippen LogP contribution in [-0.4, -0.2) is 120 Å². The minimum atomic E-state index is -1.15. The molecule has 12 nitrogen and oxygen atoms in total. The lowest BCUT2D eigenvalue weighted by atomic mass is 10.1. The average molecular weight is 467 g/mol. The zero-order valence-corrected chi connectivity index (χ0v) is 18.4. The van der Waals surface area contributed by atoms with Crippen LogP contribution in [0.1, 0.15) is 15.9 Å². The lowest BCUT2D eigenvalue weighted by Gasteiger charge is -2.28. The van der Waals surface area contributed by atoms with Crippen molar-refractivity contribution in [2.45, 2.75) is 6.54 Å². The van der Waals surface area contributed by atoms with Crippen LogP contribution in [0.3, 0.4) is 0 Å². The molecule has 0 radical (unpaired) electrons. The van der Waals surface area contributed by atoms with Crippen molar-refractivity contribution >= 4 is 30.2 Å².